The van der Waals surface area contributed by atoms with E-state index in [0.29, 0.717) is 11.1 Å². The summed E-state index contributed by atoms with van der Waals surface area (Å²) in [4.78, 5) is 25.9. The van der Waals surface area contributed by atoms with E-state index in [-0.39, 0.29) is 5.91 Å². The van der Waals surface area contributed by atoms with E-state index in [9.17, 15) is 9.59 Å². The fraction of sp³-hybridized carbons (Fsp3) is 0.222. The molecule has 0 bridgehead atoms. The van der Waals surface area contributed by atoms with Crippen molar-refractivity contribution in [1.82, 2.24) is 4.90 Å². The highest BCUT2D eigenvalue weighted by molar-refractivity contribution is 6.05. The van der Waals surface area contributed by atoms with Crippen molar-refractivity contribution in [2.45, 2.75) is 6.54 Å². The number of methoxy groups -OCH3 is 1. The van der Waals surface area contributed by atoms with Crippen molar-refractivity contribution < 1.29 is 14.3 Å². The Morgan fingerprint density at radius 1 is 1.04 bits per heavy atom. The zero-order valence-electron chi connectivity index (χ0n) is 13.5. The molecule has 23 heavy (non-hydrogen) atoms. The van der Waals surface area contributed by atoms with Crippen LogP contribution in [0.15, 0.2) is 48.5 Å². The number of hydrogen-bond donors (Lipinski definition) is 1. The minimum atomic E-state index is -0.465. The number of nitrogens with one attached hydrogen (secondary N) is 1. The summed E-state index contributed by atoms with van der Waals surface area (Å²) < 4.78 is 4.67. The topological polar surface area (TPSA) is 58.6 Å². The van der Waals surface area contributed by atoms with Gasteiger partial charge >= 0.3 is 5.97 Å². The van der Waals surface area contributed by atoms with Gasteiger partial charge in [-0.3, -0.25) is 4.79 Å². The quantitative estimate of drug-likeness (QED) is 0.863. The van der Waals surface area contributed by atoms with Crippen LogP contribution in [0, 0.1) is 0 Å². The maximum atomic E-state index is 12.3. The molecule has 0 saturated carbocycles. The van der Waals surface area contributed by atoms with Crippen LogP contribution in [0.1, 0.15) is 26.3 Å². The van der Waals surface area contributed by atoms with E-state index in [4.69, 9.17) is 0 Å². The maximum Gasteiger partial charge on any atom is 0.337 e. The first-order chi connectivity index (χ1) is 11.0. The molecule has 0 heterocycles. The highest BCUT2D eigenvalue weighted by atomic mass is 16.5. The zero-order valence-corrected chi connectivity index (χ0v) is 13.5. The van der Waals surface area contributed by atoms with Gasteiger partial charge in [-0.15, -0.1) is 0 Å². The van der Waals surface area contributed by atoms with Crippen LogP contribution >= 0.6 is 0 Å². The van der Waals surface area contributed by atoms with Crippen molar-refractivity contribution in [1.29, 1.82) is 0 Å². The summed E-state index contributed by atoms with van der Waals surface area (Å²) in [7, 11) is 5.29. The molecule has 0 aliphatic heterocycles. The lowest BCUT2D eigenvalue weighted by Crippen LogP contribution is -2.14. The van der Waals surface area contributed by atoms with Crippen LogP contribution in [-0.4, -0.2) is 38.0 Å². The van der Waals surface area contributed by atoms with Crippen LogP contribution in [0.25, 0.3) is 0 Å². The fourth-order valence-electron chi connectivity index (χ4n) is 2.22. The zero-order chi connectivity index (χ0) is 16.8. The summed E-state index contributed by atoms with van der Waals surface area (Å²) in [5.41, 5.74) is 2.58. The summed E-state index contributed by atoms with van der Waals surface area (Å²) >= 11 is 0. The van der Waals surface area contributed by atoms with Crippen LogP contribution in [0.2, 0.25) is 0 Å². The van der Waals surface area contributed by atoms with E-state index in [1.807, 2.05) is 38.4 Å². The standard InChI is InChI=1S/C18H20N2O3/c1-20(2)12-13-6-4-9-16(10-13)19-17(21)14-7-5-8-15(11-14)18(22)23-3/h4-11H,12H2,1-3H3,(H,19,21). The predicted octanol–water partition coefficient (Wildman–Crippen LogP) is 2.79. The first-order valence-corrected chi connectivity index (χ1v) is 7.23. The number of amides is 1. The number of carbonyl (C=O) groups excluding carboxylic acids is 2. The van der Waals surface area contributed by atoms with E-state index in [1.54, 1.807) is 18.2 Å². The molecule has 5 nitrogen and oxygen atoms in total. The molecule has 0 unspecified atom stereocenters. The van der Waals surface area contributed by atoms with E-state index >= 15 is 0 Å². The number of benzene rings is 2. The second-order valence-corrected chi connectivity index (χ2v) is 5.46. The van der Waals surface area contributed by atoms with Crippen LogP contribution in [0.3, 0.4) is 0 Å². The molecule has 5 heteroatoms. The van der Waals surface area contributed by atoms with Gasteiger partial charge in [0, 0.05) is 17.8 Å². The van der Waals surface area contributed by atoms with Crippen molar-refractivity contribution in [3.8, 4) is 0 Å². The molecule has 1 N–H and O–H groups in total. The molecule has 1 amide bonds. The first kappa shape index (κ1) is 16.7. The Hall–Kier alpha value is -2.66. The number of rotatable bonds is 5. The van der Waals surface area contributed by atoms with Crippen LogP contribution < -0.4 is 5.32 Å². The third-order valence-electron chi connectivity index (χ3n) is 3.23. The van der Waals surface area contributed by atoms with E-state index in [1.165, 1.54) is 13.2 Å². The number of hydrogen-bond acceptors (Lipinski definition) is 4. The van der Waals surface area contributed by atoms with Gasteiger partial charge in [0.2, 0.25) is 0 Å². The normalized spacial score (nSPS) is 10.4. The summed E-state index contributed by atoms with van der Waals surface area (Å²) in [6, 6.07) is 14.1. The SMILES string of the molecule is COC(=O)c1cccc(C(=O)Nc2cccc(CN(C)C)c2)c1. The molecule has 2 aromatic rings. The van der Waals surface area contributed by atoms with Crippen molar-refractivity contribution >= 4 is 17.6 Å². The summed E-state index contributed by atoms with van der Waals surface area (Å²) in [5.74, 6) is -0.731. The largest absolute Gasteiger partial charge is 0.465 e. The summed E-state index contributed by atoms with van der Waals surface area (Å²) in [5, 5.41) is 2.85. The second kappa shape index (κ2) is 7.56. The van der Waals surface area contributed by atoms with Gasteiger partial charge in [-0.05, 0) is 50.0 Å². The lowest BCUT2D eigenvalue weighted by atomic mass is 10.1. The van der Waals surface area contributed by atoms with E-state index in [2.05, 4.69) is 15.0 Å². The van der Waals surface area contributed by atoms with Gasteiger partial charge in [0.15, 0.2) is 0 Å². The average molecular weight is 312 g/mol. The third-order valence-corrected chi connectivity index (χ3v) is 3.23. The predicted molar refractivity (Wildman–Crippen MR) is 89.6 cm³/mol. The minimum absolute atomic E-state index is 0.266. The second-order valence-electron chi connectivity index (χ2n) is 5.46. The number of nitrogens with zero attached hydrogens (tertiary/aromatic N) is 1. The minimum Gasteiger partial charge on any atom is -0.465 e. The lowest BCUT2D eigenvalue weighted by Gasteiger charge is -2.11. The van der Waals surface area contributed by atoms with Crippen LogP contribution in [0.4, 0.5) is 5.69 Å². The Morgan fingerprint density at radius 2 is 1.74 bits per heavy atom. The number of carbonyl (C=O) groups is 2. The lowest BCUT2D eigenvalue weighted by molar-refractivity contribution is 0.0600. The van der Waals surface area contributed by atoms with E-state index < -0.39 is 5.97 Å². The Bertz CT molecular complexity index is 711. The molecule has 0 aliphatic carbocycles. The van der Waals surface area contributed by atoms with Crippen molar-refractivity contribution in [3.63, 3.8) is 0 Å². The Morgan fingerprint density at radius 3 is 2.43 bits per heavy atom. The van der Waals surface area contributed by atoms with E-state index in [0.717, 1.165) is 17.8 Å². The van der Waals surface area contributed by atoms with Gasteiger partial charge in [-0.1, -0.05) is 18.2 Å². The molecule has 0 aromatic heterocycles. The van der Waals surface area contributed by atoms with Crippen molar-refractivity contribution in [3.05, 3.63) is 65.2 Å². The monoisotopic (exact) mass is 312 g/mol. The summed E-state index contributed by atoms with van der Waals surface area (Å²) in [6.45, 7) is 0.793. The highest BCUT2D eigenvalue weighted by Gasteiger charge is 2.11. The molecule has 0 spiro atoms. The molecule has 2 aromatic carbocycles. The molecule has 2 rings (SSSR count). The molecular formula is C18H20N2O3. The van der Waals surface area contributed by atoms with Gasteiger partial charge in [-0.2, -0.15) is 0 Å². The summed E-state index contributed by atoms with van der Waals surface area (Å²) in [6.07, 6.45) is 0. The van der Waals surface area contributed by atoms with Crippen molar-refractivity contribution in [2.75, 3.05) is 26.5 Å². The van der Waals surface area contributed by atoms with Gasteiger partial charge in [-0.25, -0.2) is 4.79 Å². The molecule has 120 valence electrons. The Labute approximate surface area is 135 Å². The number of ether oxygens (including phenoxy) is 1. The van der Waals surface area contributed by atoms with Gasteiger partial charge in [0.25, 0.3) is 5.91 Å². The molecule has 0 atom stereocenters. The molecule has 0 aliphatic rings. The Kier molecular flexibility index (Phi) is 5.49. The van der Waals surface area contributed by atoms with Gasteiger partial charge in [0.05, 0.1) is 12.7 Å². The third kappa shape index (κ3) is 4.66. The Balaban J connectivity index is 2.14. The van der Waals surface area contributed by atoms with Crippen molar-refractivity contribution in [2.24, 2.45) is 0 Å². The molecular weight excluding hydrogens is 292 g/mol. The maximum absolute atomic E-state index is 12.3. The number of anilines is 1. The first-order valence-electron chi connectivity index (χ1n) is 7.23. The smallest absolute Gasteiger partial charge is 0.337 e. The molecule has 0 radical (unpaired) electrons. The van der Waals surface area contributed by atoms with Gasteiger partial charge in [0.1, 0.15) is 0 Å². The molecule has 0 saturated heterocycles. The fourth-order valence-corrected chi connectivity index (χ4v) is 2.22. The highest BCUT2D eigenvalue weighted by Crippen LogP contribution is 2.14. The average Bonchev–Trinajstić information content (AvgIpc) is 2.54. The molecule has 0 fully saturated rings. The van der Waals surface area contributed by atoms with Crippen LogP contribution in [-0.2, 0) is 11.3 Å². The number of esters is 1. The van der Waals surface area contributed by atoms with Gasteiger partial charge < -0.3 is 15.0 Å². The van der Waals surface area contributed by atoms with Crippen LogP contribution in [0.5, 0.6) is 0 Å².